The molecule has 26 heavy (non-hydrogen) atoms. The molecule has 0 aliphatic rings. The molecule has 4 aromatic rings. The number of benzene rings is 1. The predicted octanol–water partition coefficient (Wildman–Crippen LogP) is 2.76. The van der Waals surface area contributed by atoms with Gasteiger partial charge in [-0.3, -0.25) is 4.79 Å². The second-order valence-electron chi connectivity index (χ2n) is 5.51. The largest absolute Gasteiger partial charge is 0.495 e. The van der Waals surface area contributed by atoms with Gasteiger partial charge in [-0.2, -0.15) is 0 Å². The van der Waals surface area contributed by atoms with Crippen LogP contribution in [0.4, 0.5) is 4.39 Å². The lowest BCUT2D eigenvalue weighted by molar-refractivity contribution is 0.111. The van der Waals surface area contributed by atoms with Gasteiger partial charge in [-0.05, 0) is 6.07 Å². The number of carbonyl (C=O) groups is 1. The molecule has 0 aliphatic carbocycles. The van der Waals surface area contributed by atoms with Crippen molar-refractivity contribution in [1.82, 2.24) is 29.3 Å². The maximum Gasteiger partial charge on any atom is 0.194 e. The van der Waals surface area contributed by atoms with Crippen molar-refractivity contribution >= 4 is 28.8 Å². The topological polar surface area (TPSA) is 90.6 Å². The Labute approximate surface area is 151 Å². The van der Waals surface area contributed by atoms with E-state index < -0.39 is 5.82 Å². The number of imidazole rings is 1. The lowest BCUT2D eigenvalue weighted by Crippen LogP contribution is -1.99. The van der Waals surface area contributed by atoms with Gasteiger partial charge in [-0.1, -0.05) is 11.6 Å². The fraction of sp³-hybridized carbons (Fsp3) is 0.125. The summed E-state index contributed by atoms with van der Waals surface area (Å²) in [5.74, 6) is -0.0329. The van der Waals surface area contributed by atoms with E-state index in [1.165, 1.54) is 7.11 Å². The maximum absolute atomic E-state index is 15.0. The molecule has 3 aromatic heterocycles. The quantitative estimate of drug-likeness (QED) is 0.555. The van der Waals surface area contributed by atoms with Crippen LogP contribution in [0.3, 0.4) is 0 Å². The summed E-state index contributed by atoms with van der Waals surface area (Å²) in [5.41, 5.74) is 1.38. The number of nitrogens with one attached hydrogen (secondary N) is 1. The number of rotatable bonds is 4. The van der Waals surface area contributed by atoms with E-state index in [9.17, 15) is 9.18 Å². The van der Waals surface area contributed by atoms with Gasteiger partial charge in [0, 0.05) is 24.8 Å². The van der Waals surface area contributed by atoms with E-state index in [-0.39, 0.29) is 22.1 Å². The van der Waals surface area contributed by atoms with Crippen molar-refractivity contribution in [2.75, 3.05) is 7.11 Å². The van der Waals surface area contributed by atoms with E-state index in [1.54, 1.807) is 41.0 Å². The minimum Gasteiger partial charge on any atom is -0.495 e. The summed E-state index contributed by atoms with van der Waals surface area (Å²) in [5, 5.41) is 8.19. The molecule has 0 aliphatic heterocycles. The number of ether oxygens (including phenoxy) is 1. The zero-order valence-electron chi connectivity index (χ0n) is 13.7. The van der Waals surface area contributed by atoms with Crippen LogP contribution in [0.2, 0.25) is 5.02 Å². The van der Waals surface area contributed by atoms with Crippen LogP contribution in [0.1, 0.15) is 10.6 Å². The van der Waals surface area contributed by atoms with Gasteiger partial charge in [0.05, 0.1) is 24.6 Å². The van der Waals surface area contributed by atoms with Gasteiger partial charge in [0.15, 0.2) is 23.8 Å². The summed E-state index contributed by atoms with van der Waals surface area (Å²) in [7, 11) is 3.09. The van der Waals surface area contributed by atoms with Gasteiger partial charge in [0.2, 0.25) is 0 Å². The van der Waals surface area contributed by atoms with Crippen molar-refractivity contribution < 1.29 is 13.9 Å². The van der Waals surface area contributed by atoms with Crippen molar-refractivity contribution in [2.45, 2.75) is 0 Å². The van der Waals surface area contributed by atoms with Gasteiger partial charge >= 0.3 is 0 Å². The lowest BCUT2D eigenvalue weighted by atomic mass is 10.2. The molecule has 1 aromatic carbocycles. The minimum absolute atomic E-state index is 0.0675. The first-order chi connectivity index (χ1) is 12.6. The van der Waals surface area contributed by atoms with Crippen LogP contribution in [-0.2, 0) is 7.05 Å². The highest BCUT2D eigenvalue weighted by Crippen LogP contribution is 2.41. The Morgan fingerprint density at radius 2 is 2.19 bits per heavy atom. The molecule has 10 heteroatoms. The van der Waals surface area contributed by atoms with Gasteiger partial charge in [0.1, 0.15) is 16.5 Å². The monoisotopic (exact) mass is 374 g/mol. The number of halogens is 2. The Hall–Kier alpha value is -3.20. The highest BCUT2D eigenvalue weighted by molar-refractivity contribution is 6.33. The highest BCUT2D eigenvalue weighted by Gasteiger charge is 2.26. The molecule has 0 spiro atoms. The molecule has 0 unspecified atom stereocenters. The fourth-order valence-electron chi connectivity index (χ4n) is 3.01. The predicted molar refractivity (Wildman–Crippen MR) is 92.3 cm³/mol. The van der Waals surface area contributed by atoms with E-state index in [0.717, 1.165) is 0 Å². The molecule has 8 nitrogen and oxygen atoms in total. The summed E-state index contributed by atoms with van der Waals surface area (Å²) in [4.78, 5) is 17.8. The molecule has 0 saturated heterocycles. The van der Waals surface area contributed by atoms with E-state index in [4.69, 9.17) is 16.3 Å². The van der Waals surface area contributed by atoms with E-state index in [0.29, 0.717) is 28.9 Å². The van der Waals surface area contributed by atoms with Crippen molar-refractivity contribution in [3.05, 3.63) is 41.5 Å². The highest BCUT2D eigenvalue weighted by atomic mass is 35.5. The first-order valence-electron chi connectivity index (χ1n) is 7.47. The van der Waals surface area contributed by atoms with Crippen molar-refractivity contribution in [3.63, 3.8) is 0 Å². The molecule has 0 amide bonds. The van der Waals surface area contributed by atoms with Gasteiger partial charge < -0.3 is 18.9 Å². The van der Waals surface area contributed by atoms with Crippen LogP contribution in [0.5, 0.6) is 5.75 Å². The number of methoxy groups -OCH3 is 1. The third-order valence-electron chi connectivity index (χ3n) is 4.12. The van der Waals surface area contributed by atoms with Gasteiger partial charge in [-0.25, -0.2) is 9.37 Å². The van der Waals surface area contributed by atoms with Crippen molar-refractivity contribution in [2.24, 2.45) is 7.05 Å². The zero-order chi connectivity index (χ0) is 18.4. The SMILES string of the molecule is COc1cc2c(-n3ccnc3)c(-c3nnc(C=O)[nH]3)n(C)c2c(F)c1Cl. The summed E-state index contributed by atoms with van der Waals surface area (Å²) >= 11 is 6.09. The van der Waals surface area contributed by atoms with Crippen LogP contribution in [0, 0.1) is 5.82 Å². The molecule has 4 rings (SSSR count). The molecule has 1 N–H and O–H groups in total. The maximum atomic E-state index is 15.0. The smallest absolute Gasteiger partial charge is 0.194 e. The molecule has 0 fully saturated rings. The number of aldehydes is 1. The third-order valence-corrected chi connectivity index (χ3v) is 4.47. The normalized spacial score (nSPS) is 11.2. The zero-order valence-corrected chi connectivity index (χ0v) is 14.5. The minimum atomic E-state index is -0.619. The molecule has 0 radical (unpaired) electrons. The molecule has 0 bridgehead atoms. The van der Waals surface area contributed by atoms with Crippen molar-refractivity contribution in [3.8, 4) is 23.0 Å². The first kappa shape index (κ1) is 16.3. The fourth-order valence-corrected chi connectivity index (χ4v) is 3.23. The van der Waals surface area contributed by atoms with E-state index in [2.05, 4.69) is 20.2 Å². The van der Waals surface area contributed by atoms with Crippen LogP contribution in [0.25, 0.3) is 28.1 Å². The Kier molecular flexibility index (Phi) is 3.73. The van der Waals surface area contributed by atoms with Gasteiger partial charge in [-0.15, -0.1) is 10.2 Å². The van der Waals surface area contributed by atoms with E-state index in [1.807, 2.05) is 0 Å². The third kappa shape index (κ3) is 2.21. The number of aromatic nitrogens is 6. The summed E-state index contributed by atoms with van der Waals surface area (Å²) < 4.78 is 23.5. The second kappa shape index (κ2) is 5.95. The van der Waals surface area contributed by atoms with Crippen molar-refractivity contribution in [1.29, 1.82) is 0 Å². The Morgan fingerprint density at radius 1 is 1.38 bits per heavy atom. The van der Waals surface area contributed by atoms with Crippen LogP contribution in [0.15, 0.2) is 24.8 Å². The van der Waals surface area contributed by atoms with Crippen LogP contribution >= 0.6 is 11.6 Å². The number of fused-ring (bicyclic) bond motifs is 1. The lowest BCUT2D eigenvalue weighted by Gasteiger charge is -2.07. The molecule has 132 valence electrons. The standard InChI is InChI=1S/C16H12ClFN6O2/c1-23-13-8(5-9(26-2)11(17)12(13)18)14(24-4-3-19-7-24)15(23)16-20-10(6-25)21-22-16/h3-7H,1-2H3,(H,20,21,22). The number of H-pyrrole nitrogens is 1. The summed E-state index contributed by atoms with van der Waals surface area (Å²) in [6.45, 7) is 0. The average molecular weight is 375 g/mol. The number of nitrogens with zero attached hydrogens (tertiary/aromatic N) is 5. The van der Waals surface area contributed by atoms with Gasteiger partial charge in [0.25, 0.3) is 0 Å². The Bertz CT molecular complexity index is 1130. The summed E-state index contributed by atoms with van der Waals surface area (Å²) in [6, 6.07) is 1.65. The van der Waals surface area contributed by atoms with E-state index >= 15 is 0 Å². The van der Waals surface area contributed by atoms with Crippen LogP contribution in [-0.4, -0.2) is 42.7 Å². The molecular formula is C16H12ClFN6O2. The molecule has 0 atom stereocenters. The van der Waals surface area contributed by atoms with Crippen LogP contribution < -0.4 is 4.74 Å². The Balaban J connectivity index is 2.17. The first-order valence-corrected chi connectivity index (χ1v) is 7.85. The molecule has 3 heterocycles. The number of hydrogen-bond acceptors (Lipinski definition) is 5. The second-order valence-corrected chi connectivity index (χ2v) is 5.88. The Morgan fingerprint density at radius 3 is 2.81 bits per heavy atom. The number of hydrogen-bond donors (Lipinski definition) is 1. The average Bonchev–Trinajstić information content (AvgIpc) is 3.36. The summed E-state index contributed by atoms with van der Waals surface area (Å²) in [6.07, 6.45) is 5.45. The number of aryl methyl sites for hydroxylation is 1. The molecule has 0 saturated carbocycles. The molecular weight excluding hydrogens is 363 g/mol. The number of carbonyl (C=O) groups excluding carboxylic acids is 1. The number of aromatic amines is 1.